The second-order valence-corrected chi connectivity index (χ2v) is 9.45. The molecule has 0 aliphatic carbocycles. The Morgan fingerprint density at radius 3 is 2.31 bits per heavy atom. The fraction of sp³-hybridized carbons (Fsp3) is 0.174. The number of carbonyl (C=O) groups is 1. The number of nitrogens with zero attached hydrogens (tertiary/aromatic N) is 1. The topological polar surface area (TPSA) is 75.7 Å². The lowest BCUT2D eigenvalue weighted by atomic mass is 10.2. The van der Waals surface area contributed by atoms with Crippen molar-refractivity contribution >= 4 is 38.9 Å². The van der Waals surface area contributed by atoms with Gasteiger partial charge in [-0.25, -0.2) is 12.8 Å². The van der Waals surface area contributed by atoms with E-state index in [-0.39, 0.29) is 21.3 Å². The Morgan fingerprint density at radius 1 is 1.03 bits per heavy atom. The molecule has 3 aromatic carbocycles. The van der Waals surface area contributed by atoms with Crippen molar-refractivity contribution in [3.63, 3.8) is 0 Å². The maximum atomic E-state index is 13.5. The highest BCUT2D eigenvalue weighted by atomic mass is 35.5. The van der Waals surface area contributed by atoms with Crippen LogP contribution < -0.4 is 14.4 Å². The maximum Gasteiger partial charge on any atom is 0.264 e. The van der Waals surface area contributed by atoms with Crippen molar-refractivity contribution in [2.75, 3.05) is 23.3 Å². The van der Waals surface area contributed by atoms with E-state index in [0.717, 1.165) is 21.5 Å². The number of benzene rings is 3. The quantitative estimate of drug-likeness (QED) is 0.524. The maximum absolute atomic E-state index is 13.5. The first kappa shape index (κ1) is 23.6. The molecular formula is C23H22ClFN2O4S. The molecule has 0 bridgehead atoms. The predicted molar refractivity (Wildman–Crippen MR) is 123 cm³/mol. The van der Waals surface area contributed by atoms with Gasteiger partial charge in [0.2, 0.25) is 5.91 Å². The van der Waals surface area contributed by atoms with Gasteiger partial charge in [0.25, 0.3) is 10.0 Å². The van der Waals surface area contributed by atoms with Crippen LogP contribution in [0.2, 0.25) is 5.02 Å². The van der Waals surface area contributed by atoms with Gasteiger partial charge >= 0.3 is 0 Å². The molecule has 0 radical (unpaired) electrons. The number of amides is 1. The van der Waals surface area contributed by atoms with Gasteiger partial charge in [-0.3, -0.25) is 9.10 Å². The van der Waals surface area contributed by atoms with E-state index in [1.807, 2.05) is 6.92 Å². The molecule has 0 saturated carbocycles. The summed E-state index contributed by atoms with van der Waals surface area (Å²) in [4.78, 5) is 12.8. The van der Waals surface area contributed by atoms with Gasteiger partial charge in [-0.1, -0.05) is 35.4 Å². The normalized spacial score (nSPS) is 11.2. The van der Waals surface area contributed by atoms with E-state index < -0.39 is 28.3 Å². The highest BCUT2D eigenvalue weighted by Crippen LogP contribution is 2.33. The second kappa shape index (κ2) is 9.58. The number of methoxy groups -OCH3 is 1. The molecule has 0 aromatic heterocycles. The molecule has 0 atom stereocenters. The molecular weight excluding hydrogens is 455 g/mol. The molecule has 32 heavy (non-hydrogen) atoms. The van der Waals surface area contributed by atoms with Crippen LogP contribution in [0.15, 0.2) is 65.6 Å². The predicted octanol–water partition coefficient (Wildman–Crippen LogP) is 4.94. The summed E-state index contributed by atoms with van der Waals surface area (Å²) in [5.41, 5.74) is 2.15. The average molecular weight is 477 g/mol. The van der Waals surface area contributed by atoms with Crippen LogP contribution in [0.4, 0.5) is 15.8 Å². The molecule has 0 saturated heterocycles. The lowest BCUT2D eigenvalue weighted by Gasteiger charge is -2.26. The van der Waals surface area contributed by atoms with E-state index in [0.29, 0.717) is 5.75 Å². The Labute approximate surface area is 191 Å². The van der Waals surface area contributed by atoms with Gasteiger partial charge in [-0.15, -0.1) is 0 Å². The minimum absolute atomic E-state index is 0.0317. The van der Waals surface area contributed by atoms with Crippen molar-refractivity contribution in [2.45, 2.75) is 18.7 Å². The molecule has 3 aromatic rings. The SMILES string of the molecule is COc1ccc(C)cc1N(CC(=O)Nc1ccc(F)c(Cl)c1)S(=O)(=O)c1ccc(C)cc1. The summed E-state index contributed by atoms with van der Waals surface area (Å²) in [6.07, 6.45) is 0. The second-order valence-electron chi connectivity index (χ2n) is 7.18. The van der Waals surface area contributed by atoms with Gasteiger partial charge in [0, 0.05) is 5.69 Å². The first-order valence-corrected chi connectivity index (χ1v) is 11.4. The number of hydrogen-bond donors (Lipinski definition) is 1. The Morgan fingerprint density at radius 2 is 1.69 bits per heavy atom. The van der Waals surface area contributed by atoms with E-state index in [4.69, 9.17) is 16.3 Å². The van der Waals surface area contributed by atoms with E-state index in [9.17, 15) is 17.6 Å². The van der Waals surface area contributed by atoms with Crippen LogP contribution in [0.3, 0.4) is 0 Å². The standard InChI is InChI=1S/C23H22ClFN2O4S/c1-15-4-8-18(9-5-15)32(29,30)27(21-12-16(2)6-11-22(21)31-3)14-23(28)26-17-7-10-20(25)19(24)13-17/h4-13H,14H2,1-3H3,(H,26,28). The molecule has 168 valence electrons. The Hall–Kier alpha value is -3.10. The first-order valence-electron chi connectivity index (χ1n) is 9.61. The summed E-state index contributed by atoms with van der Waals surface area (Å²) >= 11 is 5.77. The van der Waals surface area contributed by atoms with Crippen molar-refractivity contribution in [1.29, 1.82) is 0 Å². The minimum Gasteiger partial charge on any atom is -0.495 e. The summed E-state index contributed by atoms with van der Waals surface area (Å²) in [6.45, 7) is 3.12. The number of anilines is 2. The highest BCUT2D eigenvalue weighted by Gasteiger charge is 2.29. The molecule has 1 amide bonds. The fourth-order valence-electron chi connectivity index (χ4n) is 3.04. The molecule has 0 spiro atoms. The third-order valence-corrected chi connectivity index (χ3v) is 6.77. The molecule has 6 nitrogen and oxygen atoms in total. The summed E-state index contributed by atoms with van der Waals surface area (Å²) in [5, 5.41) is 2.40. The van der Waals surface area contributed by atoms with Gasteiger partial charge in [-0.05, 0) is 61.9 Å². The summed E-state index contributed by atoms with van der Waals surface area (Å²) in [6, 6.07) is 15.1. The summed E-state index contributed by atoms with van der Waals surface area (Å²) < 4.78 is 46.8. The van der Waals surface area contributed by atoms with Gasteiger partial charge < -0.3 is 10.1 Å². The van der Waals surface area contributed by atoms with E-state index in [1.54, 1.807) is 37.3 Å². The largest absolute Gasteiger partial charge is 0.495 e. The Bertz CT molecular complexity index is 1250. The zero-order valence-electron chi connectivity index (χ0n) is 17.7. The third-order valence-electron chi connectivity index (χ3n) is 4.70. The molecule has 9 heteroatoms. The number of ether oxygens (including phenoxy) is 1. The van der Waals surface area contributed by atoms with Crippen molar-refractivity contribution < 1.29 is 22.3 Å². The molecule has 0 fully saturated rings. The van der Waals surface area contributed by atoms with Gasteiger partial charge in [0.05, 0.1) is 22.7 Å². The van der Waals surface area contributed by atoms with Crippen LogP contribution >= 0.6 is 11.6 Å². The fourth-order valence-corrected chi connectivity index (χ4v) is 4.64. The Balaban J connectivity index is 2.02. The van der Waals surface area contributed by atoms with Gasteiger partial charge in [0.1, 0.15) is 18.1 Å². The van der Waals surface area contributed by atoms with Crippen LogP contribution in [0.5, 0.6) is 5.75 Å². The van der Waals surface area contributed by atoms with Gasteiger partial charge in [-0.2, -0.15) is 0 Å². The highest BCUT2D eigenvalue weighted by molar-refractivity contribution is 7.92. The lowest BCUT2D eigenvalue weighted by molar-refractivity contribution is -0.114. The third kappa shape index (κ3) is 5.20. The van der Waals surface area contributed by atoms with Crippen molar-refractivity contribution in [1.82, 2.24) is 0 Å². The van der Waals surface area contributed by atoms with Crippen LogP contribution in [-0.4, -0.2) is 28.0 Å². The smallest absolute Gasteiger partial charge is 0.264 e. The molecule has 0 aliphatic heterocycles. The number of aryl methyl sites for hydroxylation is 2. The number of carbonyl (C=O) groups excluding carboxylic acids is 1. The minimum atomic E-state index is -4.12. The molecule has 1 N–H and O–H groups in total. The number of sulfonamides is 1. The lowest BCUT2D eigenvalue weighted by Crippen LogP contribution is -2.38. The summed E-state index contributed by atoms with van der Waals surface area (Å²) in [7, 11) is -2.69. The van der Waals surface area contributed by atoms with Crippen molar-refractivity contribution in [3.8, 4) is 5.75 Å². The number of halogens is 2. The monoisotopic (exact) mass is 476 g/mol. The van der Waals surface area contributed by atoms with Crippen LogP contribution in [0.1, 0.15) is 11.1 Å². The van der Waals surface area contributed by atoms with E-state index >= 15 is 0 Å². The van der Waals surface area contributed by atoms with Crippen molar-refractivity contribution in [2.24, 2.45) is 0 Å². The first-order chi connectivity index (χ1) is 15.1. The zero-order valence-corrected chi connectivity index (χ0v) is 19.3. The molecule has 0 unspecified atom stereocenters. The van der Waals surface area contributed by atoms with Crippen LogP contribution in [0, 0.1) is 19.7 Å². The Kier molecular flexibility index (Phi) is 7.06. The average Bonchev–Trinajstić information content (AvgIpc) is 2.75. The molecule has 3 rings (SSSR count). The number of nitrogens with one attached hydrogen (secondary N) is 1. The van der Waals surface area contributed by atoms with Crippen molar-refractivity contribution in [3.05, 3.63) is 82.6 Å². The van der Waals surface area contributed by atoms with E-state index in [2.05, 4.69) is 5.32 Å². The number of rotatable bonds is 7. The van der Waals surface area contributed by atoms with Gasteiger partial charge in [0.15, 0.2) is 0 Å². The van der Waals surface area contributed by atoms with Crippen LogP contribution in [-0.2, 0) is 14.8 Å². The van der Waals surface area contributed by atoms with E-state index in [1.165, 1.54) is 31.4 Å². The molecule has 0 aliphatic rings. The molecule has 0 heterocycles. The summed E-state index contributed by atoms with van der Waals surface area (Å²) in [5.74, 6) is -0.964. The zero-order chi connectivity index (χ0) is 23.5. The van der Waals surface area contributed by atoms with Crippen LogP contribution in [0.25, 0.3) is 0 Å². The number of hydrogen-bond acceptors (Lipinski definition) is 4.